The van der Waals surface area contributed by atoms with E-state index in [-0.39, 0.29) is 18.2 Å². The van der Waals surface area contributed by atoms with Crippen molar-refractivity contribution in [1.82, 2.24) is 20.0 Å². The van der Waals surface area contributed by atoms with Gasteiger partial charge >= 0.3 is 6.03 Å². The van der Waals surface area contributed by atoms with E-state index in [1.54, 1.807) is 0 Å². The van der Waals surface area contributed by atoms with Crippen LogP contribution in [-0.2, 0) is 6.54 Å². The number of amides is 2. The number of aryl methyl sites for hydroxylation is 1. The van der Waals surface area contributed by atoms with E-state index in [1.807, 2.05) is 28.0 Å². The first kappa shape index (κ1) is 16.3. The van der Waals surface area contributed by atoms with Gasteiger partial charge in [-0.2, -0.15) is 5.10 Å². The van der Waals surface area contributed by atoms with Crippen molar-refractivity contribution >= 4 is 6.03 Å². The summed E-state index contributed by atoms with van der Waals surface area (Å²) in [6.45, 7) is 2.59. The van der Waals surface area contributed by atoms with Gasteiger partial charge in [-0.05, 0) is 44.1 Å². The lowest BCUT2D eigenvalue weighted by Crippen LogP contribution is -2.52. The minimum atomic E-state index is -0.376. The molecule has 1 saturated heterocycles. The van der Waals surface area contributed by atoms with Crippen molar-refractivity contribution in [3.63, 3.8) is 0 Å². The lowest BCUT2D eigenvalue weighted by atomic mass is 9.92. The molecule has 0 spiro atoms. The Bertz CT molecular complexity index is 483. The molecule has 2 fully saturated rings. The molecule has 0 radical (unpaired) electrons. The number of carbonyl (C=O) groups is 1. The Morgan fingerprint density at radius 1 is 1.22 bits per heavy atom. The van der Waals surface area contributed by atoms with Crippen LogP contribution in [0.1, 0.15) is 44.9 Å². The maximum atomic E-state index is 12.4. The van der Waals surface area contributed by atoms with Crippen molar-refractivity contribution < 1.29 is 9.90 Å². The van der Waals surface area contributed by atoms with Crippen LogP contribution in [0.3, 0.4) is 0 Å². The number of aliphatic hydroxyl groups excluding tert-OH is 1. The van der Waals surface area contributed by atoms with E-state index < -0.39 is 0 Å². The number of hydrogen-bond acceptors (Lipinski definition) is 3. The predicted octanol–water partition coefficient (Wildman–Crippen LogP) is 2.00. The number of nitrogens with one attached hydrogen (secondary N) is 1. The Balaban J connectivity index is 1.38. The third kappa shape index (κ3) is 4.47. The highest BCUT2D eigenvalue weighted by molar-refractivity contribution is 5.74. The summed E-state index contributed by atoms with van der Waals surface area (Å²) < 4.78 is 1.98. The van der Waals surface area contributed by atoms with E-state index in [0.717, 1.165) is 64.6 Å². The van der Waals surface area contributed by atoms with E-state index in [2.05, 4.69) is 10.4 Å². The molecular formula is C17H28N4O2. The van der Waals surface area contributed by atoms with Crippen LogP contribution in [-0.4, -0.2) is 51.1 Å². The van der Waals surface area contributed by atoms with Crippen LogP contribution in [0.4, 0.5) is 4.79 Å². The molecule has 23 heavy (non-hydrogen) atoms. The Hall–Kier alpha value is -1.56. The average molecular weight is 320 g/mol. The minimum Gasteiger partial charge on any atom is -0.391 e. The first-order valence-corrected chi connectivity index (χ1v) is 8.93. The number of aliphatic hydroxyl groups is 1. The van der Waals surface area contributed by atoms with E-state index in [0.29, 0.717) is 5.92 Å². The van der Waals surface area contributed by atoms with Crippen molar-refractivity contribution in [2.45, 2.75) is 63.6 Å². The first-order valence-electron chi connectivity index (χ1n) is 8.93. The predicted molar refractivity (Wildman–Crippen MR) is 87.9 cm³/mol. The molecule has 0 unspecified atom stereocenters. The Morgan fingerprint density at radius 2 is 2.00 bits per heavy atom. The Morgan fingerprint density at radius 3 is 2.70 bits per heavy atom. The van der Waals surface area contributed by atoms with Crippen molar-refractivity contribution in [2.75, 3.05) is 13.1 Å². The van der Waals surface area contributed by atoms with Gasteiger partial charge in [-0.25, -0.2) is 4.79 Å². The highest BCUT2D eigenvalue weighted by Gasteiger charge is 2.28. The number of likely N-dealkylation sites (tertiary alicyclic amines) is 1. The standard InChI is InChI=1S/C17H28N4O2/c22-16-5-2-1-4-15(16)19-17(23)20-11-6-14(7-12-20)8-13-21-10-3-9-18-21/h3,9-10,14-16,22H,1-2,4-8,11-13H2,(H,19,23)/t15-,16-/m1/s1. The fourth-order valence-corrected chi connectivity index (χ4v) is 3.70. The summed E-state index contributed by atoms with van der Waals surface area (Å²) in [4.78, 5) is 14.3. The van der Waals surface area contributed by atoms with Gasteiger partial charge in [0.15, 0.2) is 0 Å². The summed E-state index contributed by atoms with van der Waals surface area (Å²) in [6.07, 6.45) is 10.5. The zero-order valence-electron chi connectivity index (χ0n) is 13.7. The zero-order chi connectivity index (χ0) is 16.1. The first-order chi connectivity index (χ1) is 11.2. The molecule has 2 aliphatic rings. The van der Waals surface area contributed by atoms with Gasteiger partial charge in [-0.1, -0.05) is 12.8 Å². The average Bonchev–Trinajstić information content (AvgIpc) is 3.09. The molecule has 128 valence electrons. The van der Waals surface area contributed by atoms with E-state index >= 15 is 0 Å². The summed E-state index contributed by atoms with van der Waals surface area (Å²) in [7, 11) is 0. The lowest BCUT2D eigenvalue weighted by Gasteiger charge is -2.35. The summed E-state index contributed by atoms with van der Waals surface area (Å²) >= 11 is 0. The zero-order valence-corrected chi connectivity index (χ0v) is 13.7. The molecule has 2 N–H and O–H groups in total. The van der Waals surface area contributed by atoms with Crippen molar-refractivity contribution in [2.24, 2.45) is 5.92 Å². The number of nitrogens with zero attached hydrogens (tertiary/aromatic N) is 3. The number of urea groups is 1. The van der Waals surface area contributed by atoms with E-state index in [9.17, 15) is 9.90 Å². The largest absolute Gasteiger partial charge is 0.391 e. The quantitative estimate of drug-likeness (QED) is 0.891. The second-order valence-electron chi connectivity index (χ2n) is 6.90. The van der Waals surface area contributed by atoms with Gasteiger partial charge in [0, 0.05) is 32.0 Å². The molecule has 6 heteroatoms. The van der Waals surface area contributed by atoms with E-state index in [1.165, 1.54) is 0 Å². The molecule has 2 heterocycles. The molecule has 1 saturated carbocycles. The number of hydrogen-bond donors (Lipinski definition) is 2. The van der Waals surface area contributed by atoms with Crippen molar-refractivity contribution in [1.29, 1.82) is 0 Å². The number of rotatable bonds is 4. The van der Waals surface area contributed by atoms with Gasteiger partial charge in [0.1, 0.15) is 0 Å². The smallest absolute Gasteiger partial charge is 0.317 e. The molecule has 2 amide bonds. The van der Waals surface area contributed by atoms with Crippen molar-refractivity contribution in [3.05, 3.63) is 18.5 Å². The van der Waals surface area contributed by atoms with Gasteiger partial charge in [-0.15, -0.1) is 0 Å². The number of piperidine rings is 1. The van der Waals surface area contributed by atoms with Gasteiger partial charge in [0.05, 0.1) is 12.1 Å². The molecule has 3 rings (SSSR count). The molecule has 1 aromatic rings. The van der Waals surface area contributed by atoms with Gasteiger partial charge in [0.2, 0.25) is 0 Å². The van der Waals surface area contributed by atoms with Crippen LogP contribution < -0.4 is 5.32 Å². The maximum Gasteiger partial charge on any atom is 0.317 e. The summed E-state index contributed by atoms with van der Waals surface area (Å²) in [5, 5.41) is 17.2. The fraction of sp³-hybridized carbons (Fsp3) is 0.765. The second kappa shape index (κ2) is 7.81. The topological polar surface area (TPSA) is 70.4 Å². The van der Waals surface area contributed by atoms with Crippen LogP contribution in [0.2, 0.25) is 0 Å². The molecule has 1 aliphatic carbocycles. The van der Waals surface area contributed by atoms with Gasteiger partial charge in [0.25, 0.3) is 0 Å². The SMILES string of the molecule is O=C(N[C@@H]1CCCC[C@H]1O)N1CCC(CCn2cccn2)CC1. The third-order valence-electron chi connectivity index (χ3n) is 5.27. The van der Waals surface area contributed by atoms with Crippen LogP contribution in [0, 0.1) is 5.92 Å². The van der Waals surface area contributed by atoms with E-state index in [4.69, 9.17) is 0 Å². The molecule has 6 nitrogen and oxygen atoms in total. The van der Waals surface area contributed by atoms with Crippen LogP contribution in [0.15, 0.2) is 18.5 Å². The summed E-state index contributed by atoms with van der Waals surface area (Å²) in [5.74, 6) is 0.670. The second-order valence-corrected chi connectivity index (χ2v) is 6.90. The Kier molecular flexibility index (Phi) is 5.54. The maximum absolute atomic E-state index is 12.4. The molecule has 1 aromatic heterocycles. The number of aromatic nitrogens is 2. The molecule has 2 atom stereocenters. The normalized spacial score (nSPS) is 26.2. The fourth-order valence-electron chi connectivity index (χ4n) is 3.70. The summed E-state index contributed by atoms with van der Waals surface area (Å²) in [5.41, 5.74) is 0. The molecule has 0 aromatic carbocycles. The number of carbonyl (C=O) groups excluding carboxylic acids is 1. The van der Waals surface area contributed by atoms with Crippen LogP contribution in [0.5, 0.6) is 0 Å². The molecule has 1 aliphatic heterocycles. The van der Waals surface area contributed by atoms with Crippen LogP contribution in [0.25, 0.3) is 0 Å². The molecular weight excluding hydrogens is 292 g/mol. The molecule has 0 bridgehead atoms. The minimum absolute atomic E-state index is 0.00137. The lowest BCUT2D eigenvalue weighted by molar-refractivity contribution is 0.0873. The van der Waals surface area contributed by atoms with Crippen molar-refractivity contribution in [3.8, 4) is 0 Å². The van der Waals surface area contributed by atoms with Crippen LogP contribution >= 0.6 is 0 Å². The monoisotopic (exact) mass is 320 g/mol. The van der Waals surface area contributed by atoms with Gasteiger partial charge < -0.3 is 15.3 Å². The highest BCUT2D eigenvalue weighted by Crippen LogP contribution is 2.22. The Labute approximate surface area is 137 Å². The highest BCUT2D eigenvalue weighted by atomic mass is 16.3. The summed E-state index contributed by atoms with van der Waals surface area (Å²) in [6, 6.07) is 1.89. The van der Waals surface area contributed by atoms with Gasteiger partial charge in [-0.3, -0.25) is 4.68 Å². The third-order valence-corrected chi connectivity index (χ3v) is 5.27.